The van der Waals surface area contributed by atoms with Crippen LogP contribution in [0.5, 0.6) is 0 Å². The number of nitrogens with zero attached hydrogens (tertiary/aromatic N) is 1. The second-order valence-electron chi connectivity index (χ2n) is 9.94. The Balaban J connectivity index is 1.68. The molecule has 0 bridgehead atoms. The number of hydrogen-bond acceptors (Lipinski definition) is 5. The van der Waals surface area contributed by atoms with Gasteiger partial charge in [0.25, 0.3) is 5.91 Å². The third-order valence-corrected chi connectivity index (χ3v) is 7.53. The number of aryl methyl sites for hydroxylation is 1. The van der Waals surface area contributed by atoms with E-state index in [2.05, 4.69) is 5.32 Å². The molecule has 5 rings (SSSR count). The second-order valence-corrected chi connectivity index (χ2v) is 9.94. The summed E-state index contributed by atoms with van der Waals surface area (Å²) in [5.41, 5.74) is 3.53. The van der Waals surface area contributed by atoms with Crippen LogP contribution in [0.25, 0.3) is 0 Å². The summed E-state index contributed by atoms with van der Waals surface area (Å²) in [7, 11) is 1.72. The smallest absolute Gasteiger partial charge is 0.327 e. The third-order valence-electron chi connectivity index (χ3n) is 7.53. The molecule has 4 aromatic carbocycles. The monoisotopic (exact) mass is 534 g/mol. The standard InChI is InChI=1S/C34H34N2O4/c1-4-39-32(37)31(35-30(25-16-7-5-8-17-25)26-18-9-6-10-19-26)34(40-23-27-20-12-11-15-24(27)2)28-21-13-14-22-29(28)36(3)33(34)38/h5-22,30-31,35H,4,23H2,1-3H3/t31-,34-/m0/s1. The summed E-state index contributed by atoms with van der Waals surface area (Å²) in [5.74, 6) is -0.879. The van der Waals surface area contributed by atoms with Gasteiger partial charge in [0.2, 0.25) is 0 Å². The fourth-order valence-electron chi connectivity index (χ4n) is 5.44. The quantitative estimate of drug-likeness (QED) is 0.265. The van der Waals surface area contributed by atoms with Gasteiger partial charge in [0.15, 0.2) is 5.60 Å². The van der Waals surface area contributed by atoms with Crippen molar-refractivity contribution in [3.8, 4) is 0 Å². The fraction of sp³-hybridized carbons (Fsp3) is 0.235. The molecule has 0 aromatic heterocycles. The molecule has 2 atom stereocenters. The third kappa shape index (κ3) is 5.04. The first-order valence-corrected chi connectivity index (χ1v) is 13.6. The van der Waals surface area contributed by atoms with Gasteiger partial charge in [0, 0.05) is 12.6 Å². The topological polar surface area (TPSA) is 67.9 Å². The highest BCUT2D eigenvalue weighted by Gasteiger charge is 2.59. The summed E-state index contributed by atoms with van der Waals surface area (Å²) in [6.07, 6.45) is 0. The van der Waals surface area contributed by atoms with Gasteiger partial charge in [0.1, 0.15) is 6.04 Å². The summed E-state index contributed by atoms with van der Waals surface area (Å²) in [6.45, 7) is 4.07. The first-order chi connectivity index (χ1) is 19.5. The van der Waals surface area contributed by atoms with Crippen LogP contribution in [-0.4, -0.2) is 31.6 Å². The molecular weight excluding hydrogens is 500 g/mol. The molecule has 204 valence electrons. The number of amides is 1. The minimum absolute atomic E-state index is 0.138. The number of rotatable bonds is 10. The number of nitrogens with one attached hydrogen (secondary N) is 1. The van der Waals surface area contributed by atoms with Crippen LogP contribution in [0, 0.1) is 6.92 Å². The van der Waals surface area contributed by atoms with Gasteiger partial charge in [-0.3, -0.25) is 14.9 Å². The lowest BCUT2D eigenvalue weighted by Gasteiger charge is -2.38. The summed E-state index contributed by atoms with van der Waals surface area (Å²) >= 11 is 0. The van der Waals surface area contributed by atoms with Crippen molar-refractivity contribution >= 4 is 17.6 Å². The van der Waals surface area contributed by atoms with Crippen molar-refractivity contribution in [2.45, 2.75) is 38.1 Å². The second kappa shape index (κ2) is 11.9. The first-order valence-electron chi connectivity index (χ1n) is 13.6. The number of para-hydroxylation sites is 1. The summed E-state index contributed by atoms with van der Waals surface area (Å²) < 4.78 is 12.4. The van der Waals surface area contributed by atoms with Gasteiger partial charge in [-0.05, 0) is 42.2 Å². The molecule has 0 radical (unpaired) electrons. The lowest BCUT2D eigenvalue weighted by atomic mass is 9.85. The lowest BCUT2D eigenvalue weighted by Crippen LogP contribution is -2.60. The molecule has 1 amide bonds. The lowest BCUT2D eigenvalue weighted by molar-refractivity contribution is -0.169. The Kier molecular flexibility index (Phi) is 8.10. The highest BCUT2D eigenvalue weighted by Crippen LogP contribution is 2.46. The maximum absolute atomic E-state index is 14.3. The van der Waals surface area contributed by atoms with Crippen molar-refractivity contribution < 1.29 is 19.1 Å². The van der Waals surface area contributed by atoms with E-state index >= 15 is 0 Å². The maximum Gasteiger partial charge on any atom is 0.327 e. The normalized spacial score (nSPS) is 17.1. The fourth-order valence-corrected chi connectivity index (χ4v) is 5.44. The van der Waals surface area contributed by atoms with Crippen molar-refractivity contribution in [2.75, 3.05) is 18.6 Å². The number of likely N-dealkylation sites (N-methyl/N-ethyl adjacent to an activating group) is 1. The largest absolute Gasteiger partial charge is 0.465 e. The van der Waals surface area contributed by atoms with Crippen LogP contribution in [0.1, 0.15) is 40.8 Å². The maximum atomic E-state index is 14.3. The van der Waals surface area contributed by atoms with Gasteiger partial charge in [-0.2, -0.15) is 0 Å². The van der Waals surface area contributed by atoms with Gasteiger partial charge in [-0.25, -0.2) is 0 Å². The van der Waals surface area contributed by atoms with E-state index in [0.717, 1.165) is 22.3 Å². The van der Waals surface area contributed by atoms with Crippen molar-refractivity contribution in [2.24, 2.45) is 0 Å². The zero-order chi connectivity index (χ0) is 28.1. The Labute approximate surface area is 235 Å². The van der Waals surface area contributed by atoms with Crippen molar-refractivity contribution in [1.29, 1.82) is 0 Å². The molecule has 0 fully saturated rings. The predicted octanol–water partition coefficient (Wildman–Crippen LogP) is 5.69. The molecule has 0 saturated heterocycles. The zero-order valence-electron chi connectivity index (χ0n) is 23.0. The van der Waals surface area contributed by atoms with E-state index in [9.17, 15) is 9.59 Å². The zero-order valence-corrected chi connectivity index (χ0v) is 23.0. The number of hydrogen-bond donors (Lipinski definition) is 1. The van der Waals surface area contributed by atoms with Gasteiger partial charge in [-0.1, -0.05) is 103 Å². The highest BCUT2D eigenvalue weighted by atomic mass is 16.5. The number of anilines is 1. The predicted molar refractivity (Wildman–Crippen MR) is 156 cm³/mol. The number of benzene rings is 4. The van der Waals surface area contributed by atoms with Gasteiger partial charge >= 0.3 is 5.97 Å². The number of carbonyl (C=O) groups is 2. The minimum atomic E-state index is -1.66. The van der Waals surface area contributed by atoms with E-state index in [0.29, 0.717) is 11.3 Å². The van der Waals surface area contributed by atoms with E-state index in [-0.39, 0.29) is 19.1 Å². The number of esters is 1. The number of fused-ring (bicyclic) bond motifs is 1. The van der Waals surface area contributed by atoms with Crippen LogP contribution >= 0.6 is 0 Å². The van der Waals surface area contributed by atoms with Crippen LogP contribution < -0.4 is 10.2 Å². The van der Waals surface area contributed by atoms with Crippen LogP contribution in [-0.2, 0) is 31.3 Å². The molecule has 0 spiro atoms. The Hall–Kier alpha value is -4.26. The molecular formula is C34H34N2O4. The molecule has 6 heteroatoms. The molecule has 1 aliphatic heterocycles. The van der Waals surface area contributed by atoms with Crippen LogP contribution in [0.4, 0.5) is 5.69 Å². The van der Waals surface area contributed by atoms with E-state index in [1.54, 1.807) is 18.9 Å². The Bertz CT molecular complexity index is 1430. The SMILES string of the molecule is CCOC(=O)[C@H](NC(c1ccccc1)c1ccccc1)[C@]1(OCc2ccccc2C)C(=O)N(C)c2ccccc21. The Morgan fingerprint density at radius 1 is 0.850 bits per heavy atom. The Morgan fingerprint density at radius 3 is 2.05 bits per heavy atom. The van der Waals surface area contributed by atoms with Crippen LogP contribution in [0.3, 0.4) is 0 Å². The first kappa shape index (κ1) is 27.3. The summed E-state index contributed by atoms with van der Waals surface area (Å²) in [4.78, 5) is 29.9. The minimum Gasteiger partial charge on any atom is -0.465 e. The van der Waals surface area contributed by atoms with E-state index in [1.165, 1.54) is 0 Å². The van der Waals surface area contributed by atoms with E-state index < -0.39 is 23.7 Å². The molecule has 1 heterocycles. The molecule has 0 saturated carbocycles. The van der Waals surface area contributed by atoms with E-state index in [4.69, 9.17) is 9.47 Å². The van der Waals surface area contributed by atoms with Crippen molar-refractivity contribution in [3.63, 3.8) is 0 Å². The molecule has 1 aliphatic rings. The van der Waals surface area contributed by atoms with Crippen LogP contribution in [0.2, 0.25) is 0 Å². The average Bonchev–Trinajstić information content (AvgIpc) is 3.20. The Morgan fingerprint density at radius 2 is 1.43 bits per heavy atom. The van der Waals surface area contributed by atoms with E-state index in [1.807, 2.05) is 116 Å². The summed E-state index contributed by atoms with van der Waals surface area (Å²) in [5, 5.41) is 3.55. The molecule has 0 aliphatic carbocycles. The summed E-state index contributed by atoms with van der Waals surface area (Å²) in [6, 6.07) is 33.6. The van der Waals surface area contributed by atoms with Crippen molar-refractivity contribution in [1.82, 2.24) is 5.32 Å². The highest BCUT2D eigenvalue weighted by molar-refractivity contribution is 6.09. The number of carbonyl (C=O) groups excluding carboxylic acids is 2. The van der Waals surface area contributed by atoms with Crippen molar-refractivity contribution in [3.05, 3.63) is 137 Å². The molecule has 1 N–H and O–H groups in total. The average molecular weight is 535 g/mol. The number of ether oxygens (including phenoxy) is 2. The molecule has 6 nitrogen and oxygen atoms in total. The molecule has 0 unspecified atom stereocenters. The van der Waals surface area contributed by atoms with Gasteiger partial charge < -0.3 is 14.4 Å². The van der Waals surface area contributed by atoms with Crippen LogP contribution in [0.15, 0.2) is 109 Å². The van der Waals surface area contributed by atoms with Gasteiger partial charge in [-0.15, -0.1) is 0 Å². The molecule has 4 aromatic rings. The van der Waals surface area contributed by atoms with Gasteiger partial charge in [0.05, 0.1) is 24.9 Å². The molecule has 40 heavy (non-hydrogen) atoms.